The maximum Gasteiger partial charge on any atom is 0.417 e. The number of hydrogen-bond acceptors (Lipinski definition) is 4. The molecule has 0 saturated carbocycles. The lowest BCUT2D eigenvalue weighted by Gasteiger charge is -2.14. The van der Waals surface area contributed by atoms with E-state index in [9.17, 15) is 13.2 Å². The molecule has 0 aliphatic rings. The first-order valence-corrected chi connectivity index (χ1v) is 8.38. The zero-order valence-corrected chi connectivity index (χ0v) is 15.2. The van der Waals surface area contributed by atoms with Crippen LogP contribution in [0.1, 0.15) is 24.5 Å². The molecule has 1 heterocycles. The summed E-state index contributed by atoms with van der Waals surface area (Å²) in [4.78, 5) is 3.71. The van der Waals surface area contributed by atoms with Crippen LogP contribution in [-0.2, 0) is 17.3 Å². The Bertz CT molecular complexity index is 738. The summed E-state index contributed by atoms with van der Waals surface area (Å²) in [5.74, 6) is 0.905. The maximum atomic E-state index is 12.7. The van der Waals surface area contributed by atoms with Gasteiger partial charge in [-0.3, -0.25) is 0 Å². The van der Waals surface area contributed by atoms with Crippen LogP contribution in [-0.4, -0.2) is 25.3 Å². The first-order chi connectivity index (χ1) is 12.3. The minimum atomic E-state index is -4.52. The van der Waals surface area contributed by atoms with Crippen LogP contribution in [0.3, 0.4) is 0 Å². The molecule has 1 aromatic heterocycles. The SMILES string of the molecule is CCCc1ccc(OCCOC)cc1Oc1ncc(C(F)(F)F)cc1Cl. The third-order valence-electron chi connectivity index (χ3n) is 3.46. The lowest BCUT2D eigenvalue weighted by molar-refractivity contribution is -0.137. The largest absolute Gasteiger partial charge is 0.491 e. The smallest absolute Gasteiger partial charge is 0.417 e. The van der Waals surface area contributed by atoms with E-state index < -0.39 is 11.7 Å². The van der Waals surface area contributed by atoms with Gasteiger partial charge in [0.1, 0.15) is 23.1 Å². The van der Waals surface area contributed by atoms with Gasteiger partial charge in [0, 0.05) is 19.4 Å². The Labute approximate surface area is 154 Å². The van der Waals surface area contributed by atoms with E-state index >= 15 is 0 Å². The van der Waals surface area contributed by atoms with Gasteiger partial charge in [0.05, 0.1) is 12.2 Å². The van der Waals surface area contributed by atoms with E-state index in [-0.39, 0.29) is 10.9 Å². The van der Waals surface area contributed by atoms with Crippen LogP contribution in [0, 0.1) is 0 Å². The molecule has 0 saturated heterocycles. The quantitative estimate of drug-likeness (QED) is 0.557. The predicted molar refractivity (Wildman–Crippen MR) is 92.1 cm³/mol. The van der Waals surface area contributed by atoms with Crippen LogP contribution in [0.2, 0.25) is 5.02 Å². The van der Waals surface area contributed by atoms with E-state index in [0.717, 1.165) is 24.5 Å². The van der Waals surface area contributed by atoms with Gasteiger partial charge >= 0.3 is 6.18 Å². The monoisotopic (exact) mass is 389 g/mol. The molecule has 0 aliphatic carbocycles. The van der Waals surface area contributed by atoms with Gasteiger partial charge in [-0.05, 0) is 24.1 Å². The number of hydrogen-bond donors (Lipinski definition) is 0. The molecule has 0 amide bonds. The average Bonchev–Trinajstić information content (AvgIpc) is 2.58. The number of ether oxygens (including phenoxy) is 3. The van der Waals surface area contributed by atoms with Crippen LogP contribution in [0.5, 0.6) is 17.4 Å². The second-order valence-corrected chi connectivity index (χ2v) is 5.88. The van der Waals surface area contributed by atoms with Crippen LogP contribution >= 0.6 is 11.6 Å². The normalized spacial score (nSPS) is 11.5. The number of methoxy groups -OCH3 is 1. The lowest BCUT2D eigenvalue weighted by Crippen LogP contribution is -2.06. The summed E-state index contributed by atoms with van der Waals surface area (Å²) in [7, 11) is 1.57. The topological polar surface area (TPSA) is 40.6 Å². The van der Waals surface area contributed by atoms with Crippen molar-refractivity contribution < 1.29 is 27.4 Å². The van der Waals surface area contributed by atoms with Gasteiger partial charge in [0.25, 0.3) is 0 Å². The fraction of sp³-hybridized carbons (Fsp3) is 0.389. The summed E-state index contributed by atoms with van der Waals surface area (Å²) in [5.41, 5.74) is -0.0513. The molecular weight excluding hydrogens is 371 g/mol. The molecule has 0 N–H and O–H groups in total. The number of benzene rings is 1. The molecule has 8 heteroatoms. The van der Waals surface area contributed by atoms with Gasteiger partial charge < -0.3 is 14.2 Å². The molecular formula is C18H19ClF3NO3. The fourth-order valence-electron chi connectivity index (χ4n) is 2.20. The van der Waals surface area contributed by atoms with E-state index in [4.69, 9.17) is 25.8 Å². The molecule has 0 fully saturated rings. The fourth-order valence-corrected chi connectivity index (χ4v) is 2.40. The van der Waals surface area contributed by atoms with Gasteiger partial charge in [0.2, 0.25) is 5.88 Å². The summed E-state index contributed by atoms with van der Waals surface area (Å²) in [6.07, 6.45) is -2.22. The first-order valence-electron chi connectivity index (χ1n) is 8.00. The van der Waals surface area contributed by atoms with Crippen molar-refractivity contribution in [1.82, 2.24) is 4.98 Å². The third-order valence-corrected chi connectivity index (χ3v) is 3.73. The highest BCUT2D eigenvalue weighted by atomic mass is 35.5. The summed E-state index contributed by atoms with van der Waals surface area (Å²) in [5, 5.41) is -0.215. The Morgan fingerprint density at radius 2 is 1.92 bits per heavy atom. The number of pyridine rings is 1. The van der Waals surface area contributed by atoms with E-state index in [1.165, 1.54) is 0 Å². The lowest BCUT2D eigenvalue weighted by atomic mass is 10.1. The van der Waals surface area contributed by atoms with E-state index in [1.807, 2.05) is 13.0 Å². The molecule has 1 aromatic carbocycles. The van der Waals surface area contributed by atoms with Gasteiger partial charge in [-0.15, -0.1) is 0 Å². The molecule has 2 rings (SSSR count). The molecule has 0 radical (unpaired) electrons. The first kappa shape index (κ1) is 20.3. The van der Waals surface area contributed by atoms with Gasteiger partial charge in [-0.2, -0.15) is 13.2 Å². The third kappa shape index (κ3) is 5.51. The summed E-state index contributed by atoms with van der Waals surface area (Å²) in [6, 6.07) is 6.10. The Balaban J connectivity index is 2.27. The van der Waals surface area contributed by atoms with Crippen molar-refractivity contribution in [3.05, 3.63) is 46.6 Å². The summed E-state index contributed by atoms with van der Waals surface area (Å²) in [6.45, 7) is 2.80. The number of nitrogens with zero attached hydrogens (tertiary/aromatic N) is 1. The summed E-state index contributed by atoms with van der Waals surface area (Å²) >= 11 is 5.92. The zero-order valence-electron chi connectivity index (χ0n) is 14.4. The van der Waals surface area contributed by atoms with Gasteiger partial charge in [-0.25, -0.2) is 4.98 Å². The number of aromatic nitrogens is 1. The highest BCUT2D eigenvalue weighted by Gasteiger charge is 2.31. The van der Waals surface area contributed by atoms with Crippen molar-refractivity contribution in [2.24, 2.45) is 0 Å². The van der Waals surface area contributed by atoms with Crippen molar-refractivity contribution >= 4 is 11.6 Å². The predicted octanol–water partition coefficient (Wildman–Crippen LogP) is 5.52. The average molecular weight is 390 g/mol. The maximum absolute atomic E-state index is 12.7. The molecule has 2 aromatic rings. The number of halogens is 4. The zero-order chi connectivity index (χ0) is 19.2. The molecule has 4 nitrogen and oxygen atoms in total. The van der Waals surface area contributed by atoms with E-state index in [2.05, 4.69) is 4.98 Å². The Morgan fingerprint density at radius 1 is 1.15 bits per heavy atom. The summed E-state index contributed by atoms with van der Waals surface area (Å²) < 4.78 is 54.3. The standard InChI is InChI=1S/C18H19ClF3NO3/c1-3-4-12-5-6-14(25-8-7-24-2)10-16(12)26-17-15(19)9-13(11-23-17)18(20,21)22/h5-6,9-11H,3-4,7-8H2,1-2H3. The molecule has 0 spiro atoms. The molecule has 26 heavy (non-hydrogen) atoms. The van der Waals surface area contributed by atoms with Crippen molar-refractivity contribution in [2.75, 3.05) is 20.3 Å². The minimum absolute atomic E-state index is 0.0916. The molecule has 0 aliphatic heterocycles. The molecule has 142 valence electrons. The Hall–Kier alpha value is -1.99. The van der Waals surface area contributed by atoms with Crippen molar-refractivity contribution in [3.8, 4) is 17.4 Å². The number of rotatable bonds is 8. The van der Waals surface area contributed by atoms with Crippen LogP contribution in [0.4, 0.5) is 13.2 Å². The highest BCUT2D eigenvalue weighted by molar-refractivity contribution is 6.31. The number of aryl methyl sites for hydroxylation is 1. The molecule has 0 unspecified atom stereocenters. The molecule has 0 atom stereocenters. The van der Waals surface area contributed by atoms with E-state index in [1.54, 1.807) is 19.2 Å². The van der Waals surface area contributed by atoms with Crippen molar-refractivity contribution in [3.63, 3.8) is 0 Å². The van der Waals surface area contributed by atoms with Gasteiger partial charge in [-0.1, -0.05) is 31.0 Å². The van der Waals surface area contributed by atoms with Crippen molar-refractivity contribution in [1.29, 1.82) is 0 Å². The Morgan fingerprint density at radius 3 is 2.54 bits per heavy atom. The molecule has 0 bridgehead atoms. The van der Waals surface area contributed by atoms with Crippen LogP contribution in [0.25, 0.3) is 0 Å². The van der Waals surface area contributed by atoms with Gasteiger partial charge in [0.15, 0.2) is 0 Å². The second kappa shape index (κ2) is 9.09. The Kier molecular flexibility index (Phi) is 7.11. The minimum Gasteiger partial charge on any atom is -0.491 e. The van der Waals surface area contributed by atoms with Crippen LogP contribution < -0.4 is 9.47 Å². The van der Waals surface area contributed by atoms with E-state index in [0.29, 0.717) is 30.9 Å². The number of alkyl halides is 3. The second-order valence-electron chi connectivity index (χ2n) is 5.47. The highest BCUT2D eigenvalue weighted by Crippen LogP contribution is 2.36. The van der Waals surface area contributed by atoms with Crippen LogP contribution in [0.15, 0.2) is 30.5 Å². The van der Waals surface area contributed by atoms with Crippen molar-refractivity contribution in [2.45, 2.75) is 25.9 Å².